The summed E-state index contributed by atoms with van der Waals surface area (Å²) in [6, 6.07) is 26.5. The van der Waals surface area contributed by atoms with Crippen molar-refractivity contribution in [3.8, 4) is 23.0 Å². The molecule has 7 heteroatoms. The van der Waals surface area contributed by atoms with Crippen molar-refractivity contribution < 1.29 is 29.3 Å². The second-order valence-electron chi connectivity index (χ2n) is 9.38. The molecule has 0 aliphatic heterocycles. The summed E-state index contributed by atoms with van der Waals surface area (Å²) < 4.78 is 12.6. The molecule has 0 radical (unpaired) electrons. The van der Waals surface area contributed by atoms with Gasteiger partial charge in [0.2, 0.25) is 0 Å². The monoisotopic (exact) mass is 578 g/mol. The Kier molecular flexibility index (Phi) is 5.11. The van der Waals surface area contributed by atoms with E-state index in [4.69, 9.17) is 8.83 Å². The maximum absolute atomic E-state index is 9.62. The highest BCUT2D eigenvalue weighted by atomic mass is 79.9. The fraction of sp³-hybridized carbons (Fsp3) is 0. The van der Waals surface area contributed by atoms with Gasteiger partial charge in [-0.1, -0.05) is 22.0 Å². The fourth-order valence-electron chi connectivity index (χ4n) is 5.12. The first-order chi connectivity index (χ1) is 18.9. The molecular weight excluding hydrogens is 560 g/mol. The van der Waals surface area contributed by atoms with Gasteiger partial charge < -0.3 is 29.3 Å². The number of furan rings is 2. The Labute approximate surface area is 228 Å². The lowest BCUT2D eigenvalue weighted by Gasteiger charge is -2.02. The molecule has 0 saturated heterocycles. The highest BCUT2D eigenvalue weighted by molar-refractivity contribution is 9.10. The third-order valence-electron chi connectivity index (χ3n) is 6.91. The Balaban J connectivity index is 0.000000130. The van der Waals surface area contributed by atoms with Crippen LogP contribution in [0.2, 0.25) is 0 Å². The van der Waals surface area contributed by atoms with Crippen LogP contribution in [0.5, 0.6) is 23.0 Å². The van der Waals surface area contributed by atoms with Crippen molar-refractivity contribution in [3.05, 3.63) is 95.5 Å². The van der Waals surface area contributed by atoms with E-state index in [1.54, 1.807) is 48.5 Å². The van der Waals surface area contributed by atoms with Crippen LogP contribution in [-0.4, -0.2) is 20.4 Å². The number of phenols is 4. The summed E-state index contributed by atoms with van der Waals surface area (Å²) >= 11 is 3.53. The molecule has 8 aromatic rings. The number of hydrogen-bond acceptors (Lipinski definition) is 6. The third kappa shape index (κ3) is 3.78. The second kappa shape index (κ2) is 8.58. The maximum atomic E-state index is 9.62. The number of halogens is 1. The fourth-order valence-corrected chi connectivity index (χ4v) is 5.68. The number of benzene rings is 6. The van der Waals surface area contributed by atoms with E-state index in [9.17, 15) is 20.4 Å². The van der Waals surface area contributed by atoms with E-state index >= 15 is 0 Å². The molecule has 0 saturated carbocycles. The molecule has 39 heavy (non-hydrogen) atoms. The van der Waals surface area contributed by atoms with E-state index in [2.05, 4.69) is 15.9 Å². The topological polar surface area (TPSA) is 107 Å². The zero-order chi connectivity index (χ0) is 26.8. The second-order valence-corrected chi connectivity index (χ2v) is 10.2. The van der Waals surface area contributed by atoms with Gasteiger partial charge in [-0.15, -0.1) is 0 Å². The van der Waals surface area contributed by atoms with Gasteiger partial charge in [0.05, 0.1) is 0 Å². The Morgan fingerprint density at radius 3 is 1.54 bits per heavy atom. The molecule has 0 aliphatic carbocycles. The van der Waals surface area contributed by atoms with Crippen LogP contribution < -0.4 is 0 Å². The van der Waals surface area contributed by atoms with Gasteiger partial charge in [0.1, 0.15) is 45.3 Å². The van der Waals surface area contributed by atoms with Crippen molar-refractivity contribution in [1.82, 2.24) is 0 Å². The third-order valence-corrected chi connectivity index (χ3v) is 7.57. The quantitative estimate of drug-likeness (QED) is 0.143. The normalized spacial score (nSPS) is 11.6. The summed E-state index contributed by atoms with van der Waals surface area (Å²) in [5.41, 5.74) is 2.84. The van der Waals surface area contributed by atoms with Crippen molar-refractivity contribution in [1.29, 1.82) is 0 Å². The van der Waals surface area contributed by atoms with Gasteiger partial charge in [-0.2, -0.15) is 0 Å². The predicted octanol–water partition coefficient (Wildman–Crippen LogP) is 9.06. The molecule has 6 aromatic carbocycles. The highest BCUT2D eigenvalue weighted by Crippen LogP contribution is 2.40. The van der Waals surface area contributed by atoms with E-state index in [1.165, 1.54) is 0 Å². The molecule has 6 nitrogen and oxygen atoms in total. The summed E-state index contributed by atoms with van der Waals surface area (Å²) in [7, 11) is 0. The van der Waals surface area contributed by atoms with Crippen LogP contribution in [0.3, 0.4) is 0 Å². The highest BCUT2D eigenvalue weighted by Gasteiger charge is 2.14. The minimum Gasteiger partial charge on any atom is -0.508 e. The molecule has 0 aliphatic rings. The number of aromatic hydroxyl groups is 4. The molecule has 0 spiro atoms. The van der Waals surface area contributed by atoms with E-state index in [-0.39, 0.29) is 23.0 Å². The average molecular weight is 579 g/mol. The van der Waals surface area contributed by atoms with Crippen LogP contribution in [0.4, 0.5) is 0 Å². The SMILES string of the molecule is Oc1ccc2c(c1)oc1c3ccc(O)cc3c(Br)cc21.Oc1ccc2c(ccc3c4ccc(O)cc4oc23)c1. The van der Waals surface area contributed by atoms with Gasteiger partial charge in [0.25, 0.3) is 0 Å². The predicted molar refractivity (Wildman–Crippen MR) is 157 cm³/mol. The zero-order valence-corrected chi connectivity index (χ0v) is 21.7. The van der Waals surface area contributed by atoms with Gasteiger partial charge in [-0.05, 0) is 78.2 Å². The van der Waals surface area contributed by atoms with E-state index in [0.29, 0.717) is 11.2 Å². The number of phenolic OH excluding ortho intramolecular Hbond substituents is 4. The average Bonchev–Trinajstić information content (AvgIpc) is 3.46. The van der Waals surface area contributed by atoms with Crippen LogP contribution in [0.25, 0.3) is 65.4 Å². The Morgan fingerprint density at radius 2 is 0.872 bits per heavy atom. The molecule has 190 valence electrons. The molecule has 0 atom stereocenters. The first-order valence-corrected chi connectivity index (χ1v) is 12.9. The van der Waals surface area contributed by atoms with Gasteiger partial charge in [0.15, 0.2) is 0 Å². The summed E-state index contributed by atoms with van der Waals surface area (Å²) in [6.07, 6.45) is 0. The summed E-state index contributed by atoms with van der Waals surface area (Å²) in [6.45, 7) is 0. The van der Waals surface area contributed by atoms with Crippen LogP contribution in [-0.2, 0) is 0 Å². The van der Waals surface area contributed by atoms with E-state index in [0.717, 1.165) is 58.7 Å². The lowest BCUT2D eigenvalue weighted by molar-refractivity contribution is 0.474. The summed E-state index contributed by atoms with van der Waals surface area (Å²) in [5.74, 6) is 0.818. The first kappa shape index (κ1) is 23.3. The van der Waals surface area contributed by atoms with E-state index in [1.807, 2.05) is 42.5 Å². The molecule has 2 aromatic heterocycles. The zero-order valence-electron chi connectivity index (χ0n) is 20.1. The van der Waals surface area contributed by atoms with Crippen LogP contribution in [0, 0.1) is 0 Å². The van der Waals surface area contributed by atoms with Crippen molar-refractivity contribution in [3.63, 3.8) is 0 Å². The van der Waals surface area contributed by atoms with Crippen molar-refractivity contribution in [2.75, 3.05) is 0 Å². The van der Waals surface area contributed by atoms with Crippen LogP contribution in [0.1, 0.15) is 0 Å². The summed E-state index contributed by atoms with van der Waals surface area (Å²) in [4.78, 5) is 0. The lowest BCUT2D eigenvalue weighted by atomic mass is 10.1. The molecule has 0 unspecified atom stereocenters. The molecule has 0 amide bonds. The van der Waals surface area contributed by atoms with E-state index < -0.39 is 0 Å². The number of fused-ring (bicyclic) bond motifs is 10. The van der Waals surface area contributed by atoms with Crippen molar-refractivity contribution in [2.24, 2.45) is 0 Å². The number of hydrogen-bond donors (Lipinski definition) is 4. The molecule has 2 heterocycles. The van der Waals surface area contributed by atoms with Gasteiger partial charge >= 0.3 is 0 Å². The molecule has 4 N–H and O–H groups in total. The minimum absolute atomic E-state index is 0.178. The maximum Gasteiger partial charge on any atom is 0.143 e. The summed E-state index contributed by atoms with van der Waals surface area (Å²) in [5, 5.41) is 45.8. The molecule has 0 bridgehead atoms. The van der Waals surface area contributed by atoms with Crippen LogP contribution >= 0.6 is 15.9 Å². The molecule has 0 fully saturated rings. The Bertz CT molecular complexity index is 2240. The van der Waals surface area contributed by atoms with Crippen molar-refractivity contribution in [2.45, 2.75) is 0 Å². The Morgan fingerprint density at radius 1 is 0.410 bits per heavy atom. The van der Waals surface area contributed by atoms with Crippen LogP contribution in [0.15, 0.2) is 104 Å². The number of rotatable bonds is 0. The molecular formula is C32H19BrO6. The Hall–Kier alpha value is -4.88. The standard InChI is InChI=1S/C16H9BrO3.C16H10O3/c17-14-7-13-10-3-1-9(19)6-15(10)20-16(13)11-4-2-8(18)5-12(11)14;17-10-2-5-12-9(7-10)1-4-14-13-6-3-11(18)8-15(13)19-16(12)14/h1-7,18-19H;1-8,17-18H. The van der Waals surface area contributed by atoms with Gasteiger partial charge in [-0.25, -0.2) is 0 Å². The first-order valence-electron chi connectivity index (χ1n) is 12.1. The van der Waals surface area contributed by atoms with Gasteiger partial charge in [0, 0.05) is 54.3 Å². The smallest absolute Gasteiger partial charge is 0.143 e. The lowest BCUT2D eigenvalue weighted by Crippen LogP contribution is -1.77. The van der Waals surface area contributed by atoms with Crippen molar-refractivity contribution >= 4 is 81.4 Å². The minimum atomic E-state index is 0.178. The largest absolute Gasteiger partial charge is 0.508 e. The molecule has 8 rings (SSSR count). The van der Waals surface area contributed by atoms with Gasteiger partial charge in [-0.3, -0.25) is 0 Å².